The quantitative estimate of drug-likeness (QED) is 0.667. The molecule has 0 saturated heterocycles. The van der Waals surface area contributed by atoms with Crippen molar-refractivity contribution in [2.45, 2.75) is 39.4 Å². The van der Waals surface area contributed by atoms with Crippen molar-refractivity contribution in [1.82, 2.24) is 0 Å². The highest BCUT2D eigenvalue weighted by Crippen LogP contribution is 2.21. The molecule has 66 valence electrons. The summed E-state index contributed by atoms with van der Waals surface area (Å²) in [5.41, 5.74) is -0.789. The molecule has 0 radical (unpaired) electrons. The van der Waals surface area contributed by atoms with Crippen LogP contribution in [0.3, 0.4) is 0 Å². The van der Waals surface area contributed by atoms with Gasteiger partial charge >= 0.3 is 0 Å². The number of allylic oxidation sites excluding steroid dienone is 1. The molecule has 0 fully saturated rings. The van der Waals surface area contributed by atoms with Crippen LogP contribution in [0.5, 0.6) is 0 Å². The minimum atomic E-state index is -0.789. The maximum atomic E-state index is 9.43. The van der Waals surface area contributed by atoms with Crippen LogP contribution in [0, 0.1) is 0 Å². The molecule has 1 unspecified atom stereocenters. The summed E-state index contributed by atoms with van der Waals surface area (Å²) in [7, 11) is 0. The molecular formula is C8H16O2S. The lowest BCUT2D eigenvalue weighted by atomic mass is 10.0. The molecular weight excluding hydrogens is 160 g/mol. The second-order valence-corrected chi connectivity index (χ2v) is 4.23. The molecule has 0 aromatic heterocycles. The summed E-state index contributed by atoms with van der Waals surface area (Å²) in [5, 5.41) is 9.43. The number of hydrogen-bond donors (Lipinski definition) is 1. The Balaban J connectivity index is 3.70. The molecule has 0 rings (SSSR count). The molecule has 0 heterocycles. The zero-order valence-electron chi connectivity index (χ0n) is 7.55. The van der Waals surface area contributed by atoms with Crippen LogP contribution >= 0.6 is 12.0 Å². The normalized spacial score (nSPS) is 14.6. The van der Waals surface area contributed by atoms with Gasteiger partial charge in [-0.2, -0.15) is 0 Å². The van der Waals surface area contributed by atoms with Crippen molar-refractivity contribution >= 4 is 12.0 Å². The number of hydrogen-bond acceptors (Lipinski definition) is 3. The first-order valence-corrected chi connectivity index (χ1v) is 4.29. The monoisotopic (exact) mass is 176 g/mol. The first-order chi connectivity index (χ1) is 4.84. The SMILES string of the molecule is C=C(C)SOC(C)C(C)(C)O. The molecule has 1 atom stereocenters. The molecule has 0 bridgehead atoms. The zero-order valence-corrected chi connectivity index (χ0v) is 8.36. The van der Waals surface area contributed by atoms with E-state index in [2.05, 4.69) is 6.58 Å². The third kappa shape index (κ3) is 5.30. The van der Waals surface area contributed by atoms with E-state index in [0.29, 0.717) is 0 Å². The van der Waals surface area contributed by atoms with Crippen LogP contribution in [-0.4, -0.2) is 16.8 Å². The highest BCUT2D eigenvalue weighted by Gasteiger charge is 2.23. The van der Waals surface area contributed by atoms with Gasteiger partial charge in [0.05, 0.1) is 11.7 Å². The molecule has 0 aliphatic carbocycles. The van der Waals surface area contributed by atoms with Crippen molar-refractivity contribution in [3.63, 3.8) is 0 Å². The third-order valence-electron chi connectivity index (χ3n) is 1.33. The average Bonchev–Trinajstić information content (AvgIpc) is 1.80. The molecule has 1 N–H and O–H groups in total. The van der Waals surface area contributed by atoms with E-state index in [4.69, 9.17) is 4.18 Å². The molecule has 0 aliphatic rings. The van der Waals surface area contributed by atoms with E-state index in [1.54, 1.807) is 13.8 Å². The summed E-state index contributed by atoms with van der Waals surface area (Å²) in [4.78, 5) is 0.890. The van der Waals surface area contributed by atoms with Gasteiger partial charge in [-0.1, -0.05) is 6.58 Å². The molecule has 0 spiro atoms. The Morgan fingerprint density at radius 3 is 2.36 bits per heavy atom. The van der Waals surface area contributed by atoms with E-state index >= 15 is 0 Å². The van der Waals surface area contributed by atoms with Gasteiger partial charge in [0.25, 0.3) is 0 Å². The fraction of sp³-hybridized carbons (Fsp3) is 0.750. The van der Waals surface area contributed by atoms with Crippen LogP contribution in [0.4, 0.5) is 0 Å². The Hall–Kier alpha value is 0.01000. The summed E-state index contributed by atoms with van der Waals surface area (Å²) in [6, 6.07) is 0. The van der Waals surface area contributed by atoms with Gasteiger partial charge in [-0.25, -0.2) is 0 Å². The van der Waals surface area contributed by atoms with Crippen LogP contribution in [-0.2, 0) is 4.18 Å². The van der Waals surface area contributed by atoms with E-state index in [9.17, 15) is 5.11 Å². The van der Waals surface area contributed by atoms with Crippen LogP contribution in [0.25, 0.3) is 0 Å². The van der Waals surface area contributed by atoms with E-state index in [1.807, 2.05) is 13.8 Å². The standard InChI is InChI=1S/C8H16O2S/c1-6(2)11-10-7(3)8(4,5)9/h7,9H,1H2,2-5H3. The molecule has 0 amide bonds. The van der Waals surface area contributed by atoms with Crippen molar-refractivity contribution in [2.24, 2.45) is 0 Å². The van der Waals surface area contributed by atoms with Gasteiger partial charge in [-0.15, -0.1) is 0 Å². The Kier molecular flexibility index (Phi) is 4.14. The van der Waals surface area contributed by atoms with E-state index in [0.717, 1.165) is 4.91 Å². The largest absolute Gasteiger partial charge is 0.388 e. The molecule has 2 nitrogen and oxygen atoms in total. The van der Waals surface area contributed by atoms with E-state index in [1.165, 1.54) is 12.0 Å². The van der Waals surface area contributed by atoms with Crippen LogP contribution in [0.15, 0.2) is 11.5 Å². The lowest BCUT2D eigenvalue weighted by molar-refractivity contribution is -0.0150. The smallest absolute Gasteiger partial charge is 0.0979 e. The minimum absolute atomic E-state index is 0.191. The van der Waals surface area contributed by atoms with Gasteiger partial charge in [0.2, 0.25) is 0 Å². The number of aliphatic hydroxyl groups is 1. The highest BCUT2D eigenvalue weighted by molar-refractivity contribution is 7.98. The summed E-state index contributed by atoms with van der Waals surface area (Å²) in [6.45, 7) is 10.8. The van der Waals surface area contributed by atoms with Gasteiger partial charge in [-0.05, 0) is 27.7 Å². The van der Waals surface area contributed by atoms with Crippen LogP contribution in [0.2, 0.25) is 0 Å². The topological polar surface area (TPSA) is 29.5 Å². The molecule has 0 saturated carbocycles. The first-order valence-electron chi connectivity index (χ1n) is 3.55. The summed E-state index contributed by atoms with van der Waals surface area (Å²) in [6.07, 6.45) is -0.191. The predicted octanol–water partition coefficient (Wildman–Crippen LogP) is 2.34. The van der Waals surface area contributed by atoms with Gasteiger partial charge in [-0.3, -0.25) is 0 Å². The second kappa shape index (κ2) is 4.14. The van der Waals surface area contributed by atoms with Crippen molar-refractivity contribution < 1.29 is 9.29 Å². The van der Waals surface area contributed by atoms with Crippen molar-refractivity contribution in [2.75, 3.05) is 0 Å². The lowest BCUT2D eigenvalue weighted by Gasteiger charge is -2.24. The predicted molar refractivity (Wildman–Crippen MR) is 49.2 cm³/mol. The lowest BCUT2D eigenvalue weighted by Crippen LogP contribution is -2.34. The summed E-state index contributed by atoms with van der Waals surface area (Å²) < 4.78 is 5.23. The van der Waals surface area contributed by atoms with Crippen molar-refractivity contribution in [3.05, 3.63) is 11.5 Å². The van der Waals surface area contributed by atoms with Crippen LogP contribution < -0.4 is 0 Å². The zero-order chi connectivity index (χ0) is 9.07. The van der Waals surface area contributed by atoms with Gasteiger partial charge in [0, 0.05) is 16.9 Å². The van der Waals surface area contributed by atoms with Gasteiger partial charge in [0.1, 0.15) is 0 Å². The summed E-state index contributed by atoms with van der Waals surface area (Å²) >= 11 is 1.21. The fourth-order valence-electron chi connectivity index (χ4n) is 0.272. The van der Waals surface area contributed by atoms with Gasteiger partial charge < -0.3 is 9.29 Å². The maximum Gasteiger partial charge on any atom is 0.0979 e. The second-order valence-electron chi connectivity index (χ2n) is 3.18. The highest BCUT2D eigenvalue weighted by atomic mass is 32.2. The van der Waals surface area contributed by atoms with Crippen molar-refractivity contribution in [3.8, 4) is 0 Å². The molecule has 0 aromatic rings. The minimum Gasteiger partial charge on any atom is -0.388 e. The number of rotatable bonds is 4. The van der Waals surface area contributed by atoms with E-state index < -0.39 is 5.60 Å². The van der Waals surface area contributed by atoms with Crippen molar-refractivity contribution in [1.29, 1.82) is 0 Å². The Morgan fingerprint density at radius 1 is 1.64 bits per heavy atom. The Bertz CT molecular complexity index is 138. The molecule has 0 aromatic carbocycles. The summed E-state index contributed by atoms with van der Waals surface area (Å²) in [5.74, 6) is 0. The fourth-order valence-corrected chi connectivity index (χ4v) is 0.816. The molecule has 3 heteroatoms. The molecule has 11 heavy (non-hydrogen) atoms. The van der Waals surface area contributed by atoms with E-state index in [-0.39, 0.29) is 6.10 Å². The Morgan fingerprint density at radius 2 is 2.09 bits per heavy atom. The third-order valence-corrected chi connectivity index (χ3v) is 2.00. The first kappa shape index (κ1) is 11.0. The van der Waals surface area contributed by atoms with Gasteiger partial charge in [0.15, 0.2) is 0 Å². The maximum absolute atomic E-state index is 9.43. The average molecular weight is 176 g/mol. The van der Waals surface area contributed by atoms with Crippen LogP contribution in [0.1, 0.15) is 27.7 Å². The Labute approximate surface area is 72.8 Å². The molecule has 0 aliphatic heterocycles.